The summed E-state index contributed by atoms with van der Waals surface area (Å²) in [5.41, 5.74) is 0. The summed E-state index contributed by atoms with van der Waals surface area (Å²) in [5, 5.41) is 4.81. The number of nitrogens with one attached hydrogen (secondary N) is 1. The Morgan fingerprint density at radius 1 is 1.27 bits per heavy atom. The van der Waals surface area contributed by atoms with Crippen molar-refractivity contribution in [2.24, 2.45) is 5.92 Å². The van der Waals surface area contributed by atoms with Crippen molar-refractivity contribution in [1.82, 2.24) is 5.32 Å². The van der Waals surface area contributed by atoms with E-state index in [-0.39, 0.29) is 0 Å². The Hall–Kier alpha value is 0.310. The molecule has 0 aromatic heterocycles. The molecule has 0 amide bonds. The van der Waals surface area contributed by atoms with Crippen LogP contribution in [-0.2, 0) is 0 Å². The second kappa shape index (κ2) is 5.58. The highest BCUT2D eigenvalue weighted by Crippen LogP contribution is 2.31. The zero-order valence-corrected chi connectivity index (χ0v) is 11.0. The highest BCUT2D eigenvalue weighted by molar-refractivity contribution is 8.00. The zero-order chi connectivity index (χ0) is 10.7. The fourth-order valence-electron chi connectivity index (χ4n) is 3.15. The van der Waals surface area contributed by atoms with Crippen molar-refractivity contribution in [3.05, 3.63) is 0 Å². The molecule has 2 fully saturated rings. The molecule has 0 aromatic rings. The van der Waals surface area contributed by atoms with Crippen LogP contribution in [0.15, 0.2) is 0 Å². The number of rotatable bonds is 3. The van der Waals surface area contributed by atoms with E-state index in [0.717, 1.165) is 23.3 Å². The fourth-order valence-corrected chi connectivity index (χ4v) is 4.31. The lowest BCUT2D eigenvalue weighted by atomic mass is 9.82. The molecule has 88 valence electrons. The van der Waals surface area contributed by atoms with Crippen LogP contribution in [0.1, 0.15) is 52.4 Å². The van der Waals surface area contributed by atoms with Crippen molar-refractivity contribution >= 4 is 11.8 Å². The Labute approximate surface area is 98.8 Å². The largest absolute Gasteiger partial charge is 0.310 e. The number of hydrogen-bond donors (Lipinski definition) is 1. The van der Waals surface area contributed by atoms with Crippen LogP contribution in [0, 0.1) is 5.92 Å². The molecular weight excluding hydrogens is 202 g/mol. The Bertz CT molecular complexity index is 195. The highest BCUT2D eigenvalue weighted by atomic mass is 32.2. The molecule has 1 aliphatic carbocycles. The molecule has 4 atom stereocenters. The first kappa shape index (κ1) is 11.8. The van der Waals surface area contributed by atoms with Gasteiger partial charge in [0.25, 0.3) is 0 Å². The monoisotopic (exact) mass is 227 g/mol. The summed E-state index contributed by atoms with van der Waals surface area (Å²) >= 11 is 2.14. The van der Waals surface area contributed by atoms with Gasteiger partial charge in [-0.05, 0) is 25.2 Å². The van der Waals surface area contributed by atoms with Crippen LogP contribution >= 0.6 is 11.8 Å². The van der Waals surface area contributed by atoms with Crippen LogP contribution in [-0.4, -0.2) is 23.1 Å². The SMILES string of the molecule is CCC1CCCCC1NC1CSC(C)C1. The van der Waals surface area contributed by atoms with Crippen molar-refractivity contribution in [2.75, 3.05) is 5.75 Å². The third-order valence-corrected chi connectivity index (χ3v) is 5.44. The van der Waals surface area contributed by atoms with E-state index in [2.05, 4.69) is 30.9 Å². The zero-order valence-electron chi connectivity index (χ0n) is 10.2. The Balaban J connectivity index is 1.81. The molecule has 15 heavy (non-hydrogen) atoms. The summed E-state index contributed by atoms with van der Waals surface area (Å²) in [4.78, 5) is 0. The normalized spacial score (nSPS) is 42.0. The predicted molar refractivity (Wildman–Crippen MR) is 69.5 cm³/mol. The van der Waals surface area contributed by atoms with E-state index in [1.54, 1.807) is 0 Å². The molecule has 1 saturated carbocycles. The van der Waals surface area contributed by atoms with E-state index in [9.17, 15) is 0 Å². The molecule has 2 heteroatoms. The average Bonchev–Trinajstić information content (AvgIpc) is 2.65. The topological polar surface area (TPSA) is 12.0 Å². The number of hydrogen-bond acceptors (Lipinski definition) is 2. The van der Waals surface area contributed by atoms with Gasteiger partial charge in [0.1, 0.15) is 0 Å². The van der Waals surface area contributed by atoms with Crippen molar-refractivity contribution < 1.29 is 0 Å². The van der Waals surface area contributed by atoms with Crippen LogP contribution < -0.4 is 5.32 Å². The number of thioether (sulfide) groups is 1. The second-order valence-electron chi connectivity index (χ2n) is 5.30. The van der Waals surface area contributed by atoms with Gasteiger partial charge in [0.05, 0.1) is 0 Å². The lowest BCUT2D eigenvalue weighted by Gasteiger charge is -2.33. The smallest absolute Gasteiger partial charge is 0.0171 e. The molecule has 1 nitrogen and oxygen atoms in total. The predicted octanol–water partition coefficient (Wildman–Crippen LogP) is 3.44. The molecule has 1 saturated heterocycles. The van der Waals surface area contributed by atoms with E-state index in [4.69, 9.17) is 0 Å². The van der Waals surface area contributed by atoms with Crippen molar-refractivity contribution in [3.8, 4) is 0 Å². The molecule has 2 rings (SSSR count). The molecule has 0 bridgehead atoms. The molecule has 0 aromatic carbocycles. The first-order chi connectivity index (χ1) is 7.29. The van der Waals surface area contributed by atoms with Crippen LogP contribution in [0.2, 0.25) is 0 Å². The quantitative estimate of drug-likeness (QED) is 0.792. The molecular formula is C13H25NS. The minimum Gasteiger partial charge on any atom is -0.310 e. The molecule has 0 radical (unpaired) electrons. The van der Waals surface area contributed by atoms with Gasteiger partial charge in [0.2, 0.25) is 0 Å². The summed E-state index contributed by atoms with van der Waals surface area (Å²) < 4.78 is 0. The first-order valence-electron chi connectivity index (χ1n) is 6.67. The molecule has 2 aliphatic rings. The fraction of sp³-hybridized carbons (Fsp3) is 1.00. The van der Waals surface area contributed by atoms with E-state index in [0.29, 0.717) is 0 Å². The van der Waals surface area contributed by atoms with Crippen molar-refractivity contribution in [2.45, 2.75) is 69.7 Å². The van der Waals surface area contributed by atoms with Gasteiger partial charge < -0.3 is 5.32 Å². The standard InChI is InChI=1S/C13H25NS/c1-3-11-6-4-5-7-13(11)14-12-8-10(2)15-9-12/h10-14H,3-9H2,1-2H3. The molecule has 1 heterocycles. The van der Waals surface area contributed by atoms with Crippen molar-refractivity contribution in [1.29, 1.82) is 0 Å². The average molecular weight is 227 g/mol. The van der Waals surface area contributed by atoms with Crippen molar-refractivity contribution in [3.63, 3.8) is 0 Å². The maximum absolute atomic E-state index is 3.93. The molecule has 4 unspecified atom stereocenters. The van der Waals surface area contributed by atoms with Gasteiger partial charge in [-0.15, -0.1) is 0 Å². The van der Waals surface area contributed by atoms with Gasteiger partial charge in [-0.2, -0.15) is 11.8 Å². The Kier molecular flexibility index (Phi) is 4.39. The molecule has 1 aliphatic heterocycles. The Morgan fingerprint density at radius 3 is 2.73 bits per heavy atom. The van der Waals surface area contributed by atoms with Gasteiger partial charge in [-0.25, -0.2) is 0 Å². The maximum atomic E-state index is 3.93. The third-order valence-electron chi connectivity index (χ3n) is 4.08. The summed E-state index contributed by atoms with van der Waals surface area (Å²) in [6.45, 7) is 4.72. The summed E-state index contributed by atoms with van der Waals surface area (Å²) in [6, 6.07) is 1.64. The van der Waals surface area contributed by atoms with Crippen LogP contribution in [0.4, 0.5) is 0 Å². The lowest BCUT2D eigenvalue weighted by Crippen LogP contribution is -2.44. The summed E-state index contributed by atoms with van der Waals surface area (Å²) in [5.74, 6) is 2.30. The third kappa shape index (κ3) is 3.13. The highest BCUT2D eigenvalue weighted by Gasteiger charge is 2.28. The van der Waals surface area contributed by atoms with Gasteiger partial charge in [0, 0.05) is 23.1 Å². The van der Waals surface area contributed by atoms with Crippen LogP contribution in [0.5, 0.6) is 0 Å². The van der Waals surface area contributed by atoms with Crippen LogP contribution in [0.3, 0.4) is 0 Å². The van der Waals surface area contributed by atoms with E-state index in [1.807, 2.05) is 0 Å². The molecule has 0 spiro atoms. The Morgan fingerprint density at radius 2 is 2.07 bits per heavy atom. The van der Waals surface area contributed by atoms with E-state index >= 15 is 0 Å². The van der Waals surface area contributed by atoms with Crippen LogP contribution in [0.25, 0.3) is 0 Å². The van der Waals surface area contributed by atoms with E-state index < -0.39 is 0 Å². The van der Waals surface area contributed by atoms with Gasteiger partial charge >= 0.3 is 0 Å². The minimum absolute atomic E-state index is 0.808. The van der Waals surface area contributed by atoms with E-state index in [1.165, 1.54) is 44.3 Å². The summed E-state index contributed by atoms with van der Waals surface area (Å²) in [6.07, 6.45) is 8.55. The van der Waals surface area contributed by atoms with Gasteiger partial charge in [-0.3, -0.25) is 0 Å². The minimum atomic E-state index is 0.808. The second-order valence-corrected chi connectivity index (χ2v) is 6.77. The molecule has 1 N–H and O–H groups in total. The maximum Gasteiger partial charge on any atom is 0.0171 e. The summed E-state index contributed by atoms with van der Waals surface area (Å²) in [7, 11) is 0. The van der Waals surface area contributed by atoms with Gasteiger partial charge in [0.15, 0.2) is 0 Å². The lowest BCUT2D eigenvalue weighted by molar-refractivity contribution is 0.240. The first-order valence-corrected chi connectivity index (χ1v) is 7.72. The van der Waals surface area contributed by atoms with Gasteiger partial charge in [-0.1, -0.05) is 33.1 Å².